The first-order valence-corrected chi connectivity index (χ1v) is 8.33. The van der Waals surface area contributed by atoms with Crippen molar-refractivity contribution in [3.05, 3.63) is 35.9 Å². The van der Waals surface area contributed by atoms with Crippen molar-refractivity contribution in [2.75, 3.05) is 27.2 Å². The van der Waals surface area contributed by atoms with Crippen molar-refractivity contribution in [3.63, 3.8) is 0 Å². The quantitative estimate of drug-likeness (QED) is 0.621. The Kier molecular flexibility index (Phi) is 6.02. The third-order valence-electron chi connectivity index (χ3n) is 4.54. The summed E-state index contributed by atoms with van der Waals surface area (Å²) in [5, 5.41) is 3.14. The highest BCUT2D eigenvalue weighted by molar-refractivity contribution is 5.84. The van der Waals surface area contributed by atoms with E-state index in [1.54, 1.807) is 4.90 Å². The number of rotatable bonds is 6. The molecule has 0 bridgehead atoms. The standard InChI is InChI=1S/C18H28N4O/c1-22(2)16(23)18(11-6-7-12-18)14-21-17(19)20-13-10-15-8-4-3-5-9-15/h3-5,8-9H,6-7,10-14H2,1-2H3,(H3,19,20,21). The van der Waals surface area contributed by atoms with E-state index in [4.69, 9.17) is 5.73 Å². The van der Waals surface area contributed by atoms with Crippen molar-refractivity contribution in [2.24, 2.45) is 16.1 Å². The lowest BCUT2D eigenvalue weighted by molar-refractivity contribution is -0.138. The maximum atomic E-state index is 12.5. The number of amides is 1. The van der Waals surface area contributed by atoms with Crippen LogP contribution in [0.15, 0.2) is 35.3 Å². The van der Waals surface area contributed by atoms with Gasteiger partial charge in [0.1, 0.15) is 0 Å². The average Bonchev–Trinajstić information content (AvgIpc) is 3.03. The molecular weight excluding hydrogens is 288 g/mol. The summed E-state index contributed by atoms with van der Waals surface area (Å²) < 4.78 is 0. The van der Waals surface area contributed by atoms with Crippen LogP contribution in [-0.4, -0.2) is 44.0 Å². The maximum absolute atomic E-state index is 12.5. The summed E-state index contributed by atoms with van der Waals surface area (Å²) in [6.07, 6.45) is 4.90. The second-order valence-corrected chi connectivity index (χ2v) is 6.55. The molecule has 3 N–H and O–H groups in total. The molecule has 2 rings (SSSR count). The molecule has 1 aliphatic carbocycles. The zero-order valence-electron chi connectivity index (χ0n) is 14.2. The minimum atomic E-state index is -0.352. The second kappa shape index (κ2) is 7.99. The minimum Gasteiger partial charge on any atom is -0.370 e. The van der Waals surface area contributed by atoms with Crippen molar-refractivity contribution in [2.45, 2.75) is 32.1 Å². The Balaban J connectivity index is 1.86. The number of guanidine groups is 1. The van der Waals surface area contributed by atoms with E-state index in [0.29, 0.717) is 12.5 Å². The molecule has 0 heterocycles. The molecule has 0 atom stereocenters. The number of carbonyl (C=O) groups is 1. The molecular formula is C18H28N4O. The molecule has 0 saturated heterocycles. The van der Waals surface area contributed by atoms with E-state index in [9.17, 15) is 4.79 Å². The molecule has 1 aromatic rings. The zero-order chi connectivity index (χ0) is 16.7. The summed E-state index contributed by atoms with van der Waals surface area (Å²) in [5.41, 5.74) is 6.88. The van der Waals surface area contributed by atoms with Crippen LogP contribution in [0.1, 0.15) is 31.2 Å². The summed E-state index contributed by atoms with van der Waals surface area (Å²) in [6.45, 7) is 1.22. The fraction of sp³-hybridized carbons (Fsp3) is 0.556. The van der Waals surface area contributed by atoms with Gasteiger partial charge in [0.15, 0.2) is 5.96 Å². The van der Waals surface area contributed by atoms with Crippen LogP contribution < -0.4 is 11.1 Å². The number of nitrogens with one attached hydrogen (secondary N) is 1. The first kappa shape index (κ1) is 17.3. The molecule has 5 heteroatoms. The van der Waals surface area contributed by atoms with Crippen LogP contribution in [0.5, 0.6) is 0 Å². The van der Waals surface area contributed by atoms with Crippen LogP contribution >= 0.6 is 0 Å². The Morgan fingerprint density at radius 2 is 1.91 bits per heavy atom. The molecule has 5 nitrogen and oxygen atoms in total. The van der Waals surface area contributed by atoms with Gasteiger partial charge in [-0.1, -0.05) is 43.2 Å². The Morgan fingerprint density at radius 3 is 2.52 bits per heavy atom. The second-order valence-electron chi connectivity index (χ2n) is 6.55. The molecule has 0 aromatic heterocycles. The Hall–Kier alpha value is -2.04. The summed E-state index contributed by atoms with van der Waals surface area (Å²) in [4.78, 5) is 18.6. The van der Waals surface area contributed by atoms with Gasteiger partial charge in [-0.05, 0) is 24.8 Å². The molecule has 126 valence electrons. The van der Waals surface area contributed by atoms with E-state index < -0.39 is 0 Å². The van der Waals surface area contributed by atoms with E-state index in [2.05, 4.69) is 22.4 Å². The Bertz CT molecular complexity index is 533. The summed E-state index contributed by atoms with van der Waals surface area (Å²) in [5.74, 6) is 0.606. The smallest absolute Gasteiger partial charge is 0.230 e. The minimum absolute atomic E-state index is 0.177. The van der Waals surface area contributed by atoms with E-state index in [0.717, 1.165) is 38.6 Å². The van der Waals surface area contributed by atoms with Crippen LogP contribution in [-0.2, 0) is 11.2 Å². The SMILES string of the molecule is CN(C)C(=O)C1(CN=C(N)NCCc2ccccc2)CCCC1. The van der Waals surface area contributed by atoms with Gasteiger partial charge in [-0.2, -0.15) is 0 Å². The monoisotopic (exact) mass is 316 g/mol. The van der Waals surface area contributed by atoms with Gasteiger partial charge in [-0.25, -0.2) is 0 Å². The largest absolute Gasteiger partial charge is 0.370 e. The number of nitrogens with two attached hydrogens (primary N) is 1. The molecule has 1 amide bonds. The molecule has 1 fully saturated rings. The van der Waals surface area contributed by atoms with Crippen molar-refractivity contribution in [1.82, 2.24) is 10.2 Å². The highest BCUT2D eigenvalue weighted by Gasteiger charge is 2.41. The lowest BCUT2D eigenvalue weighted by Crippen LogP contribution is -2.42. The van der Waals surface area contributed by atoms with E-state index >= 15 is 0 Å². The molecule has 0 unspecified atom stereocenters. The van der Waals surface area contributed by atoms with Gasteiger partial charge in [0.05, 0.1) is 12.0 Å². The van der Waals surface area contributed by atoms with Crippen molar-refractivity contribution in [3.8, 4) is 0 Å². The Labute approximate surface area is 139 Å². The molecule has 1 saturated carbocycles. The molecule has 23 heavy (non-hydrogen) atoms. The molecule has 1 aliphatic rings. The molecule has 1 aromatic carbocycles. The van der Waals surface area contributed by atoms with E-state index in [1.807, 2.05) is 32.3 Å². The molecule has 0 spiro atoms. The van der Waals surface area contributed by atoms with Crippen LogP contribution in [0.3, 0.4) is 0 Å². The number of nitrogens with zero attached hydrogens (tertiary/aromatic N) is 2. The first-order valence-electron chi connectivity index (χ1n) is 8.33. The number of hydrogen-bond donors (Lipinski definition) is 2. The van der Waals surface area contributed by atoms with Crippen molar-refractivity contribution < 1.29 is 4.79 Å². The van der Waals surface area contributed by atoms with Crippen LogP contribution in [0.25, 0.3) is 0 Å². The molecule has 0 aliphatic heterocycles. The number of carbonyl (C=O) groups excluding carboxylic acids is 1. The fourth-order valence-electron chi connectivity index (χ4n) is 3.24. The van der Waals surface area contributed by atoms with Gasteiger partial charge >= 0.3 is 0 Å². The third-order valence-corrected chi connectivity index (χ3v) is 4.54. The lowest BCUT2D eigenvalue weighted by Gasteiger charge is -2.29. The highest BCUT2D eigenvalue weighted by atomic mass is 16.2. The summed E-state index contributed by atoms with van der Waals surface area (Å²) >= 11 is 0. The van der Waals surface area contributed by atoms with Gasteiger partial charge in [0, 0.05) is 20.6 Å². The predicted octanol–water partition coefficient (Wildman–Crippen LogP) is 1.78. The maximum Gasteiger partial charge on any atom is 0.230 e. The van der Waals surface area contributed by atoms with Crippen LogP contribution in [0, 0.1) is 5.41 Å². The van der Waals surface area contributed by atoms with Gasteiger partial charge < -0.3 is 16.0 Å². The van der Waals surface area contributed by atoms with Crippen molar-refractivity contribution in [1.29, 1.82) is 0 Å². The van der Waals surface area contributed by atoms with Gasteiger partial charge in [-0.3, -0.25) is 9.79 Å². The van der Waals surface area contributed by atoms with E-state index in [1.165, 1.54) is 5.56 Å². The number of aliphatic imine (C=N–C) groups is 1. The van der Waals surface area contributed by atoms with Gasteiger partial charge in [0.25, 0.3) is 0 Å². The molecule has 0 radical (unpaired) electrons. The highest BCUT2D eigenvalue weighted by Crippen LogP contribution is 2.39. The summed E-state index contributed by atoms with van der Waals surface area (Å²) in [7, 11) is 3.63. The summed E-state index contributed by atoms with van der Waals surface area (Å²) in [6, 6.07) is 10.3. The first-order chi connectivity index (χ1) is 11.0. The van der Waals surface area contributed by atoms with Crippen molar-refractivity contribution >= 4 is 11.9 Å². The fourth-order valence-corrected chi connectivity index (χ4v) is 3.24. The Morgan fingerprint density at radius 1 is 1.26 bits per heavy atom. The van der Waals surface area contributed by atoms with Gasteiger partial charge in [-0.15, -0.1) is 0 Å². The lowest BCUT2D eigenvalue weighted by atomic mass is 9.85. The predicted molar refractivity (Wildman–Crippen MR) is 94.2 cm³/mol. The average molecular weight is 316 g/mol. The van der Waals surface area contributed by atoms with Crippen LogP contribution in [0.2, 0.25) is 0 Å². The normalized spacial score (nSPS) is 17.0. The van der Waals surface area contributed by atoms with Gasteiger partial charge in [0.2, 0.25) is 5.91 Å². The topological polar surface area (TPSA) is 70.7 Å². The number of hydrogen-bond acceptors (Lipinski definition) is 2. The van der Waals surface area contributed by atoms with Crippen LogP contribution in [0.4, 0.5) is 0 Å². The number of benzene rings is 1. The van der Waals surface area contributed by atoms with E-state index in [-0.39, 0.29) is 11.3 Å². The zero-order valence-corrected chi connectivity index (χ0v) is 14.2. The third kappa shape index (κ3) is 4.71.